The number of hydrogen-bond acceptors (Lipinski definition) is 15. The monoisotopic (exact) mass is 484 g/mol. The van der Waals surface area contributed by atoms with Crippen LogP contribution in [0, 0.1) is 24.5 Å². The summed E-state index contributed by atoms with van der Waals surface area (Å²) < 4.78 is 10.9. The Morgan fingerprint density at radius 1 is 0.657 bits per heavy atom. The molecule has 15 nitrogen and oxygen atoms in total. The molecule has 1 aliphatic carbocycles. The summed E-state index contributed by atoms with van der Waals surface area (Å²) in [6, 6.07) is 3.91. The summed E-state index contributed by atoms with van der Waals surface area (Å²) in [4.78, 5) is 80.1. The molecule has 1 saturated carbocycles. The number of nitrogens with zero attached hydrogens (tertiary/aromatic N) is 5. The standard InChI is InChI=1S/C20H16N6O9/c21-17-11(22-29)5-9(6-12(17)23-30)19(27)34-15-3-1-2-4-16(15)35-20(28)10-7-13(24-31)18(26-33)14(8-10)25-32/h5-8,15-16H,1-4,21H2. The minimum atomic E-state index is -0.988. The first-order chi connectivity index (χ1) is 16.9. The van der Waals surface area contributed by atoms with Gasteiger partial charge < -0.3 is 15.2 Å². The van der Waals surface area contributed by atoms with Crippen molar-refractivity contribution in [2.24, 2.45) is 25.9 Å². The molecule has 0 spiro atoms. The topological polar surface area (TPSA) is 226 Å². The Labute approximate surface area is 195 Å². The molecule has 0 aliphatic heterocycles. The number of nitroso groups, excluding NO2 is 5. The summed E-state index contributed by atoms with van der Waals surface area (Å²) >= 11 is 0. The smallest absolute Gasteiger partial charge is 0.338 e. The maximum atomic E-state index is 12.7. The minimum absolute atomic E-state index is 0.209. The molecule has 0 heterocycles. The second-order valence-corrected chi connectivity index (χ2v) is 7.42. The fourth-order valence-electron chi connectivity index (χ4n) is 3.59. The molecule has 15 heteroatoms. The summed E-state index contributed by atoms with van der Waals surface area (Å²) in [5, 5.41) is 13.0. The van der Waals surface area contributed by atoms with Gasteiger partial charge in [0.2, 0.25) is 0 Å². The molecule has 1 fully saturated rings. The van der Waals surface area contributed by atoms with Crippen molar-refractivity contribution in [2.75, 3.05) is 5.73 Å². The van der Waals surface area contributed by atoms with E-state index in [0.717, 1.165) is 24.3 Å². The van der Waals surface area contributed by atoms with Crippen LogP contribution < -0.4 is 5.73 Å². The Balaban J connectivity index is 1.82. The van der Waals surface area contributed by atoms with Gasteiger partial charge in [-0.05, 0) is 75.8 Å². The van der Waals surface area contributed by atoms with Gasteiger partial charge in [-0.15, -0.1) is 24.5 Å². The van der Waals surface area contributed by atoms with Gasteiger partial charge in [-0.2, -0.15) is 0 Å². The van der Waals surface area contributed by atoms with Crippen molar-refractivity contribution in [3.05, 3.63) is 59.9 Å². The molecule has 0 amide bonds. The molecule has 0 saturated heterocycles. The molecule has 0 radical (unpaired) electrons. The van der Waals surface area contributed by atoms with Crippen molar-refractivity contribution in [3.63, 3.8) is 0 Å². The number of esters is 2. The number of benzene rings is 2. The average Bonchev–Trinajstić information content (AvgIpc) is 2.88. The molecule has 2 aromatic carbocycles. The third-order valence-electron chi connectivity index (χ3n) is 5.32. The molecule has 2 aromatic rings. The van der Waals surface area contributed by atoms with E-state index in [1.165, 1.54) is 0 Å². The van der Waals surface area contributed by atoms with Crippen molar-refractivity contribution in [2.45, 2.75) is 37.9 Å². The summed E-state index contributed by atoms with van der Waals surface area (Å²) in [6.45, 7) is 0. The highest BCUT2D eigenvalue weighted by Crippen LogP contribution is 2.39. The van der Waals surface area contributed by atoms with Gasteiger partial charge in [-0.3, -0.25) is 0 Å². The molecule has 3 rings (SSSR count). The van der Waals surface area contributed by atoms with Crippen molar-refractivity contribution in [1.29, 1.82) is 0 Å². The van der Waals surface area contributed by atoms with Crippen LogP contribution in [0.2, 0.25) is 0 Å². The van der Waals surface area contributed by atoms with Gasteiger partial charge in [0.1, 0.15) is 35.0 Å². The predicted octanol–water partition coefficient (Wildman–Crippen LogP) is 5.58. The molecule has 0 aromatic heterocycles. The Kier molecular flexibility index (Phi) is 7.70. The third kappa shape index (κ3) is 5.23. The Hall–Kier alpha value is -4.82. The van der Waals surface area contributed by atoms with Gasteiger partial charge in [-0.25, -0.2) is 9.59 Å². The highest BCUT2D eigenvalue weighted by molar-refractivity contribution is 5.95. The highest BCUT2D eigenvalue weighted by atomic mass is 16.6. The van der Waals surface area contributed by atoms with Crippen LogP contribution in [0.4, 0.5) is 34.1 Å². The molecular weight excluding hydrogens is 468 g/mol. The first-order valence-corrected chi connectivity index (χ1v) is 10.1. The molecule has 35 heavy (non-hydrogen) atoms. The lowest BCUT2D eigenvalue weighted by Gasteiger charge is -2.30. The first kappa shape index (κ1) is 24.8. The van der Waals surface area contributed by atoms with Crippen LogP contribution in [0.3, 0.4) is 0 Å². The summed E-state index contributed by atoms with van der Waals surface area (Å²) in [6.07, 6.45) is 0.120. The van der Waals surface area contributed by atoms with E-state index in [1.54, 1.807) is 0 Å². The van der Waals surface area contributed by atoms with Crippen molar-refractivity contribution >= 4 is 46.1 Å². The Morgan fingerprint density at radius 3 is 1.37 bits per heavy atom. The van der Waals surface area contributed by atoms with E-state index >= 15 is 0 Å². The zero-order valence-corrected chi connectivity index (χ0v) is 17.8. The zero-order chi connectivity index (χ0) is 25.5. The SMILES string of the molecule is Nc1c(N=O)cc(C(=O)OC2CCCCC2OC(=O)c2cc(N=O)c(N=O)c(N=O)c2)cc1N=O. The summed E-state index contributed by atoms with van der Waals surface area (Å²) in [5.74, 6) is -1.92. The molecule has 2 unspecified atom stereocenters. The molecule has 0 bridgehead atoms. The van der Waals surface area contributed by atoms with E-state index in [0.29, 0.717) is 25.7 Å². The predicted molar refractivity (Wildman–Crippen MR) is 121 cm³/mol. The normalized spacial score (nSPS) is 17.0. The highest BCUT2D eigenvalue weighted by Gasteiger charge is 2.33. The van der Waals surface area contributed by atoms with Gasteiger partial charge >= 0.3 is 11.9 Å². The minimum Gasteiger partial charge on any atom is -0.455 e. The van der Waals surface area contributed by atoms with Gasteiger partial charge in [0.25, 0.3) is 0 Å². The summed E-state index contributed by atoms with van der Waals surface area (Å²) in [7, 11) is 0. The van der Waals surface area contributed by atoms with Crippen LogP contribution >= 0.6 is 0 Å². The number of hydrogen-bond donors (Lipinski definition) is 1. The van der Waals surface area contributed by atoms with Crippen LogP contribution in [-0.4, -0.2) is 24.1 Å². The maximum Gasteiger partial charge on any atom is 0.338 e. The second kappa shape index (κ2) is 10.9. The van der Waals surface area contributed by atoms with Gasteiger partial charge in [-0.1, -0.05) is 0 Å². The largest absolute Gasteiger partial charge is 0.455 e. The van der Waals surface area contributed by atoms with Crippen LogP contribution in [0.25, 0.3) is 0 Å². The Morgan fingerprint density at radius 2 is 1.03 bits per heavy atom. The third-order valence-corrected chi connectivity index (χ3v) is 5.32. The lowest BCUT2D eigenvalue weighted by Crippen LogP contribution is -2.37. The van der Waals surface area contributed by atoms with Crippen molar-refractivity contribution in [3.8, 4) is 0 Å². The zero-order valence-electron chi connectivity index (χ0n) is 17.8. The number of carbonyl (C=O) groups is 2. The van der Waals surface area contributed by atoms with E-state index < -0.39 is 41.2 Å². The van der Waals surface area contributed by atoms with Gasteiger partial charge in [0.05, 0.1) is 16.8 Å². The average molecular weight is 484 g/mol. The van der Waals surface area contributed by atoms with Crippen molar-refractivity contribution in [1.82, 2.24) is 0 Å². The van der Waals surface area contributed by atoms with Crippen LogP contribution in [-0.2, 0) is 9.47 Å². The number of nitrogen functional groups attached to an aromatic ring is 1. The molecular formula is C20H16N6O9. The fourth-order valence-corrected chi connectivity index (χ4v) is 3.59. The number of nitrogens with two attached hydrogens (primary N) is 1. The molecule has 2 atom stereocenters. The van der Waals surface area contributed by atoms with Crippen LogP contribution in [0.5, 0.6) is 0 Å². The molecule has 1 aliphatic rings. The second-order valence-electron chi connectivity index (χ2n) is 7.42. The quantitative estimate of drug-likeness (QED) is 0.264. The maximum absolute atomic E-state index is 12.7. The van der Waals surface area contributed by atoms with Crippen LogP contribution in [0.15, 0.2) is 50.1 Å². The Bertz CT molecular complexity index is 1170. The van der Waals surface area contributed by atoms with Crippen molar-refractivity contribution < 1.29 is 19.1 Å². The lowest BCUT2D eigenvalue weighted by atomic mass is 9.94. The first-order valence-electron chi connectivity index (χ1n) is 10.1. The number of anilines is 1. The van der Waals surface area contributed by atoms with Crippen LogP contribution in [0.1, 0.15) is 46.4 Å². The van der Waals surface area contributed by atoms with Gasteiger partial charge in [0.15, 0.2) is 5.69 Å². The van der Waals surface area contributed by atoms with E-state index in [-0.39, 0.29) is 28.2 Å². The summed E-state index contributed by atoms with van der Waals surface area (Å²) in [5.41, 5.74) is 2.29. The number of carbonyl (C=O) groups excluding carboxylic acids is 2. The number of rotatable bonds is 9. The van der Waals surface area contributed by atoms with E-state index in [4.69, 9.17) is 15.2 Å². The molecule has 2 N–H and O–H groups in total. The molecule has 180 valence electrons. The van der Waals surface area contributed by atoms with E-state index in [2.05, 4.69) is 25.9 Å². The lowest BCUT2D eigenvalue weighted by molar-refractivity contribution is -0.0514. The van der Waals surface area contributed by atoms with E-state index in [1.807, 2.05) is 0 Å². The number of ether oxygens (including phenoxy) is 2. The van der Waals surface area contributed by atoms with E-state index in [9.17, 15) is 34.1 Å². The van der Waals surface area contributed by atoms with Gasteiger partial charge in [0, 0.05) is 0 Å². The fraction of sp³-hybridized carbons (Fsp3) is 0.300.